The molecule has 1 saturated heterocycles. The van der Waals surface area contributed by atoms with Crippen LogP contribution in [0.4, 0.5) is 5.69 Å². The first-order valence-electron chi connectivity index (χ1n) is 6.99. The lowest BCUT2D eigenvalue weighted by molar-refractivity contribution is 0.0343. The largest absolute Gasteiger partial charge is 0.375 e. The molecule has 1 aliphatic rings. The molecular formula is C15H23ClN2O. The minimum atomic E-state index is 0.266. The van der Waals surface area contributed by atoms with E-state index in [0.717, 1.165) is 31.3 Å². The van der Waals surface area contributed by atoms with Gasteiger partial charge in [0.25, 0.3) is 0 Å². The van der Waals surface area contributed by atoms with Crippen LogP contribution in [0.25, 0.3) is 0 Å². The molecule has 2 atom stereocenters. The maximum absolute atomic E-state index is 6.37. The SMILES string of the molecule is CCNCc1c(Cl)cccc1N1CC(C)OCC1C. The Labute approximate surface area is 120 Å². The first kappa shape index (κ1) is 14.6. The highest BCUT2D eigenvalue weighted by Crippen LogP contribution is 2.30. The average molecular weight is 283 g/mol. The number of hydrogen-bond acceptors (Lipinski definition) is 3. The van der Waals surface area contributed by atoms with E-state index in [1.54, 1.807) is 0 Å². The third-order valence-corrected chi connectivity index (χ3v) is 3.92. The molecule has 1 aromatic carbocycles. The normalized spacial score (nSPS) is 23.7. The first-order valence-corrected chi connectivity index (χ1v) is 7.37. The highest BCUT2D eigenvalue weighted by atomic mass is 35.5. The van der Waals surface area contributed by atoms with Gasteiger partial charge >= 0.3 is 0 Å². The molecule has 0 bridgehead atoms. The number of ether oxygens (including phenoxy) is 1. The zero-order valence-electron chi connectivity index (χ0n) is 11.9. The van der Waals surface area contributed by atoms with Gasteiger partial charge in [0, 0.05) is 35.4 Å². The van der Waals surface area contributed by atoms with Crippen LogP contribution in [0.3, 0.4) is 0 Å². The summed E-state index contributed by atoms with van der Waals surface area (Å²) in [6.45, 7) is 9.87. The summed E-state index contributed by atoms with van der Waals surface area (Å²) in [5.74, 6) is 0. The fraction of sp³-hybridized carbons (Fsp3) is 0.600. The lowest BCUT2D eigenvalue weighted by Gasteiger charge is -2.39. The number of morpholine rings is 1. The van der Waals surface area contributed by atoms with E-state index < -0.39 is 0 Å². The van der Waals surface area contributed by atoms with Crippen LogP contribution in [0.15, 0.2) is 18.2 Å². The van der Waals surface area contributed by atoms with E-state index in [4.69, 9.17) is 16.3 Å². The van der Waals surface area contributed by atoms with Gasteiger partial charge in [-0.3, -0.25) is 0 Å². The van der Waals surface area contributed by atoms with Gasteiger partial charge < -0.3 is 15.0 Å². The van der Waals surface area contributed by atoms with Crippen LogP contribution in [0.5, 0.6) is 0 Å². The van der Waals surface area contributed by atoms with E-state index in [9.17, 15) is 0 Å². The third-order valence-electron chi connectivity index (χ3n) is 3.56. The molecule has 1 fully saturated rings. The van der Waals surface area contributed by atoms with Crippen molar-refractivity contribution in [3.63, 3.8) is 0 Å². The molecular weight excluding hydrogens is 260 g/mol. The number of benzene rings is 1. The summed E-state index contributed by atoms with van der Waals surface area (Å²) in [5, 5.41) is 4.21. The van der Waals surface area contributed by atoms with E-state index in [0.29, 0.717) is 6.04 Å². The molecule has 2 rings (SSSR count). The molecule has 1 aromatic rings. The smallest absolute Gasteiger partial charge is 0.0723 e. The summed E-state index contributed by atoms with van der Waals surface area (Å²) in [6, 6.07) is 6.54. The van der Waals surface area contributed by atoms with Gasteiger partial charge in [0.2, 0.25) is 0 Å². The summed E-state index contributed by atoms with van der Waals surface area (Å²) >= 11 is 6.37. The lowest BCUT2D eigenvalue weighted by Crippen LogP contribution is -2.48. The van der Waals surface area contributed by atoms with Crippen LogP contribution in [0.1, 0.15) is 26.3 Å². The Morgan fingerprint density at radius 2 is 2.21 bits per heavy atom. The molecule has 0 aromatic heterocycles. The standard InChI is InChI=1S/C15H23ClN2O/c1-4-17-8-13-14(16)6-5-7-15(13)18-9-12(3)19-10-11(18)2/h5-7,11-12,17H,4,8-10H2,1-3H3. The number of rotatable bonds is 4. The van der Waals surface area contributed by atoms with Gasteiger partial charge in [-0.2, -0.15) is 0 Å². The van der Waals surface area contributed by atoms with Crippen molar-refractivity contribution in [3.8, 4) is 0 Å². The summed E-state index contributed by atoms with van der Waals surface area (Å²) in [5.41, 5.74) is 2.42. The molecule has 0 spiro atoms. The summed E-state index contributed by atoms with van der Waals surface area (Å²) in [4.78, 5) is 2.41. The highest BCUT2D eigenvalue weighted by Gasteiger charge is 2.25. The molecule has 1 N–H and O–H groups in total. The van der Waals surface area contributed by atoms with Crippen molar-refractivity contribution in [3.05, 3.63) is 28.8 Å². The second-order valence-corrected chi connectivity index (χ2v) is 5.57. The molecule has 0 radical (unpaired) electrons. The van der Waals surface area contributed by atoms with Gasteiger partial charge in [-0.1, -0.05) is 24.6 Å². The molecule has 1 aliphatic heterocycles. The third kappa shape index (κ3) is 3.41. The molecule has 4 heteroatoms. The van der Waals surface area contributed by atoms with Gasteiger partial charge in [-0.05, 0) is 32.5 Å². The van der Waals surface area contributed by atoms with Crippen molar-refractivity contribution in [1.82, 2.24) is 5.32 Å². The van der Waals surface area contributed by atoms with Gasteiger partial charge in [0.1, 0.15) is 0 Å². The summed E-state index contributed by atoms with van der Waals surface area (Å²) in [7, 11) is 0. The van der Waals surface area contributed by atoms with E-state index in [1.165, 1.54) is 11.3 Å². The Bertz CT molecular complexity index is 425. The fourth-order valence-electron chi connectivity index (χ4n) is 2.48. The summed E-state index contributed by atoms with van der Waals surface area (Å²) in [6.07, 6.45) is 0.266. The second-order valence-electron chi connectivity index (χ2n) is 5.16. The number of halogens is 1. The molecule has 0 aliphatic carbocycles. The first-order chi connectivity index (χ1) is 9.13. The zero-order chi connectivity index (χ0) is 13.8. The lowest BCUT2D eigenvalue weighted by atomic mass is 10.1. The monoisotopic (exact) mass is 282 g/mol. The Kier molecular flexibility index (Phi) is 5.08. The van der Waals surface area contributed by atoms with Gasteiger partial charge in [0.05, 0.1) is 12.7 Å². The number of nitrogens with one attached hydrogen (secondary N) is 1. The molecule has 0 saturated carbocycles. The van der Waals surface area contributed by atoms with Gasteiger partial charge in [0.15, 0.2) is 0 Å². The molecule has 19 heavy (non-hydrogen) atoms. The highest BCUT2D eigenvalue weighted by molar-refractivity contribution is 6.31. The molecule has 3 nitrogen and oxygen atoms in total. The maximum atomic E-state index is 6.37. The topological polar surface area (TPSA) is 24.5 Å². The predicted molar refractivity (Wildman–Crippen MR) is 81.1 cm³/mol. The number of hydrogen-bond donors (Lipinski definition) is 1. The van der Waals surface area contributed by atoms with Crippen molar-refractivity contribution in [1.29, 1.82) is 0 Å². The van der Waals surface area contributed by atoms with Crippen LogP contribution in [-0.2, 0) is 11.3 Å². The second kappa shape index (κ2) is 6.60. The Hall–Kier alpha value is -0.770. The van der Waals surface area contributed by atoms with Crippen LogP contribution < -0.4 is 10.2 Å². The van der Waals surface area contributed by atoms with Crippen LogP contribution >= 0.6 is 11.6 Å². The van der Waals surface area contributed by atoms with Gasteiger partial charge in [-0.15, -0.1) is 0 Å². The Balaban J connectivity index is 2.29. The molecule has 2 unspecified atom stereocenters. The van der Waals surface area contributed by atoms with Crippen molar-refractivity contribution >= 4 is 17.3 Å². The summed E-state index contributed by atoms with van der Waals surface area (Å²) < 4.78 is 5.70. The Morgan fingerprint density at radius 3 is 2.95 bits per heavy atom. The van der Waals surface area contributed by atoms with Crippen LogP contribution in [0.2, 0.25) is 5.02 Å². The van der Waals surface area contributed by atoms with E-state index in [-0.39, 0.29) is 6.10 Å². The number of anilines is 1. The van der Waals surface area contributed by atoms with Crippen LogP contribution in [0, 0.1) is 0 Å². The number of nitrogens with zero attached hydrogens (tertiary/aromatic N) is 1. The maximum Gasteiger partial charge on any atom is 0.0723 e. The van der Waals surface area contributed by atoms with Crippen molar-refractivity contribution in [2.24, 2.45) is 0 Å². The van der Waals surface area contributed by atoms with Crippen molar-refractivity contribution < 1.29 is 4.74 Å². The fourth-order valence-corrected chi connectivity index (χ4v) is 2.72. The van der Waals surface area contributed by atoms with E-state index >= 15 is 0 Å². The van der Waals surface area contributed by atoms with Crippen LogP contribution in [-0.4, -0.2) is 31.8 Å². The van der Waals surface area contributed by atoms with Crippen molar-refractivity contribution in [2.45, 2.75) is 39.5 Å². The van der Waals surface area contributed by atoms with E-state index in [2.05, 4.69) is 37.1 Å². The predicted octanol–water partition coefficient (Wildman–Crippen LogP) is 3.06. The van der Waals surface area contributed by atoms with Crippen molar-refractivity contribution in [2.75, 3.05) is 24.6 Å². The minimum Gasteiger partial charge on any atom is -0.375 e. The zero-order valence-corrected chi connectivity index (χ0v) is 12.7. The Morgan fingerprint density at radius 1 is 1.42 bits per heavy atom. The quantitative estimate of drug-likeness (QED) is 0.919. The minimum absolute atomic E-state index is 0.266. The molecule has 1 heterocycles. The molecule has 0 amide bonds. The molecule has 106 valence electrons. The van der Waals surface area contributed by atoms with Gasteiger partial charge in [-0.25, -0.2) is 0 Å². The van der Waals surface area contributed by atoms with E-state index in [1.807, 2.05) is 12.1 Å². The average Bonchev–Trinajstić information content (AvgIpc) is 2.40.